The van der Waals surface area contributed by atoms with E-state index in [-0.39, 0.29) is 14.5 Å². The number of hydrogen-bond acceptors (Lipinski definition) is 6. The van der Waals surface area contributed by atoms with E-state index in [1.165, 1.54) is 0 Å². The zero-order valence-electron chi connectivity index (χ0n) is 6.54. The molecule has 7 nitrogen and oxygen atoms in total. The van der Waals surface area contributed by atoms with Crippen molar-refractivity contribution in [3.8, 4) is 0 Å². The number of amides is 3. The molecule has 0 radical (unpaired) electrons. The van der Waals surface area contributed by atoms with Crippen LogP contribution in [0.4, 0.5) is 4.79 Å². The fourth-order valence-corrected chi connectivity index (χ4v) is 2.35. The van der Waals surface area contributed by atoms with Crippen molar-refractivity contribution >= 4 is 51.5 Å². The summed E-state index contributed by atoms with van der Waals surface area (Å²) in [5.74, 6) is -0.595. The molecule has 0 aliphatic carbocycles. The number of nitrogens with two attached hydrogens (primary N) is 1. The Hall–Kier alpha value is -0.710. The van der Waals surface area contributed by atoms with Crippen molar-refractivity contribution in [2.75, 3.05) is 5.75 Å². The van der Waals surface area contributed by atoms with Gasteiger partial charge in [-0.05, 0) is 0 Å². The summed E-state index contributed by atoms with van der Waals surface area (Å²) in [7, 11) is 0. The van der Waals surface area contributed by atoms with Gasteiger partial charge in [-0.2, -0.15) is 5.01 Å². The van der Waals surface area contributed by atoms with Crippen LogP contribution in [0.25, 0.3) is 0 Å². The van der Waals surface area contributed by atoms with Crippen molar-refractivity contribution in [1.82, 2.24) is 9.42 Å². The van der Waals surface area contributed by atoms with Gasteiger partial charge in [0.1, 0.15) is 0 Å². The topological polar surface area (TPSA) is 107 Å². The molecular formula is C4H4N3O4S3-. The highest BCUT2D eigenvalue weighted by molar-refractivity contribution is 8.24. The van der Waals surface area contributed by atoms with E-state index in [1.54, 1.807) is 0 Å². The maximum absolute atomic E-state index is 11.1. The summed E-state index contributed by atoms with van der Waals surface area (Å²) in [6.07, 6.45) is 0. The first-order valence-electron chi connectivity index (χ1n) is 3.13. The predicted molar refractivity (Wildman–Crippen MR) is 52.2 cm³/mol. The molecule has 0 aromatic heterocycles. The molecular weight excluding hydrogens is 250 g/mol. The standard InChI is InChI=1S/C4H5N3O4S3/c5-3(9)7(14(10)11)6-2(8)1-13-4(6)12/h1H2,(H2,5,9)(H,10,11)/p-1. The lowest BCUT2D eigenvalue weighted by Crippen LogP contribution is -2.51. The number of thiocarbonyl (C=S) groups is 1. The monoisotopic (exact) mass is 254 g/mol. The third kappa shape index (κ3) is 2.03. The molecule has 1 rings (SSSR count). The average Bonchev–Trinajstić information content (AvgIpc) is 2.34. The average molecular weight is 254 g/mol. The molecule has 78 valence electrons. The summed E-state index contributed by atoms with van der Waals surface area (Å²) in [5, 5.41) is 0.561. The first kappa shape index (κ1) is 11.4. The van der Waals surface area contributed by atoms with Crippen LogP contribution in [0.15, 0.2) is 0 Å². The summed E-state index contributed by atoms with van der Waals surface area (Å²) in [6, 6.07) is -1.28. The van der Waals surface area contributed by atoms with Crippen molar-refractivity contribution < 1.29 is 18.4 Å². The van der Waals surface area contributed by atoms with Crippen molar-refractivity contribution in [3.63, 3.8) is 0 Å². The van der Waals surface area contributed by atoms with E-state index in [2.05, 4.69) is 12.2 Å². The molecule has 1 saturated heterocycles. The Balaban J connectivity index is 2.98. The summed E-state index contributed by atoms with van der Waals surface area (Å²) >= 11 is 2.69. The van der Waals surface area contributed by atoms with Gasteiger partial charge < -0.3 is 10.3 Å². The molecule has 3 amide bonds. The van der Waals surface area contributed by atoms with Gasteiger partial charge in [0.05, 0.1) is 17.0 Å². The molecule has 1 atom stereocenters. The molecule has 2 N–H and O–H groups in total. The highest BCUT2D eigenvalue weighted by Crippen LogP contribution is 2.21. The largest absolute Gasteiger partial charge is 0.754 e. The van der Waals surface area contributed by atoms with Gasteiger partial charge in [0.15, 0.2) is 4.32 Å². The van der Waals surface area contributed by atoms with E-state index in [4.69, 9.17) is 5.73 Å². The van der Waals surface area contributed by atoms with Crippen LogP contribution in [-0.2, 0) is 16.1 Å². The van der Waals surface area contributed by atoms with Gasteiger partial charge >= 0.3 is 6.03 Å². The van der Waals surface area contributed by atoms with Crippen LogP contribution in [0.1, 0.15) is 0 Å². The van der Waals surface area contributed by atoms with E-state index in [1.807, 2.05) is 0 Å². The second-order valence-electron chi connectivity index (χ2n) is 2.09. The number of carbonyl (C=O) groups excluding carboxylic acids is 2. The van der Waals surface area contributed by atoms with Crippen LogP contribution >= 0.6 is 24.0 Å². The summed E-state index contributed by atoms with van der Waals surface area (Å²) in [6.45, 7) is 0. The number of hydrazine groups is 1. The summed E-state index contributed by atoms with van der Waals surface area (Å²) in [5.41, 5.74) is 4.77. The highest BCUT2D eigenvalue weighted by atomic mass is 32.2. The van der Waals surface area contributed by atoms with Crippen LogP contribution < -0.4 is 5.73 Å². The zero-order valence-corrected chi connectivity index (χ0v) is 8.99. The third-order valence-electron chi connectivity index (χ3n) is 1.24. The fraction of sp³-hybridized carbons (Fsp3) is 0.250. The van der Waals surface area contributed by atoms with Gasteiger partial charge in [-0.3, -0.25) is 4.79 Å². The van der Waals surface area contributed by atoms with E-state index >= 15 is 0 Å². The Kier molecular flexibility index (Phi) is 3.42. The molecule has 1 unspecified atom stereocenters. The first-order valence-corrected chi connectivity index (χ1v) is 5.56. The van der Waals surface area contributed by atoms with Crippen molar-refractivity contribution in [2.45, 2.75) is 0 Å². The van der Waals surface area contributed by atoms with E-state index in [9.17, 15) is 18.4 Å². The molecule has 1 aliphatic rings. The maximum Gasteiger partial charge on any atom is 0.345 e. The van der Waals surface area contributed by atoms with Crippen LogP contribution in [0.5, 0.6) is 0 Å². The van der Waals surface area contributed by atoms with Gasteiger partial charge in [-0.15, -0.1) is 4.41 Å². The number of carbonyl (C=O) groups is 2. The predicted octanol–water partition coefficient (Wildman–Crippen LogP) is -1.06. The van der Waals surface area contributed by atoms with E-state index in [0.717, 1.165) is 11.8 Å². The molecule has 0 saturated carbocycles. The molecule has 0 aromatic carbocycles. The Labute approximate surface area is 91.0 Å². The number of urea groups is 1. The van der Waals surface area contributed by atoms with Crippen molar-refractivity contribution in [3.05, 3.63) is 0 Å². The second-order valence-corrected chi connectivity index (χ2v) is 4.48. The Morgan fingerprint density at radius 1 is 1.79 bits per heavy atom. The summed E-state index contributed by atoms with van der Waals surface area (Å²) in [4.78, 5) is 21.8. The lowest BCUT2D eigenvalue weighted by atomic mass is 10.7. The number of hydrogen-bond donors (Lipinski definition) is 1. The quantitative estimate of drug-likeness (QED) is 0.497. The number of thioether (sulfide) groups is 1. The molecule has 1 aliphatic heterocycles. The Bertz CT molecular complexity index is 302. The normalized spacial score (nSPS) is 18.5. The van der Waals surface area contributed by atoms with Crippen LogP contribution in [0.2, 0.25) is 0 Å². The van der Waals surface area contributed by atoms with E-state index in [0.29, 0.717) is 5.01 Å². The third-order valence-corrected chi connectivity index (χ3v) is 3.20. The molecule has 10 heteroatoms. The zero-order chi connectivity index (χ0) is 10.9. The minimum atomic E-state index is -2.95. The number of nitrogens with zero attached hydrogens (tertiary/aromatic N) is 2. The Morgan fingerprint density at radius 3 is 2.64 bits per heavy atom. The molecule has 1 fully saturated rings. The van der Waals surface area contributed by atoms with Gasteiger partial charge in [-0.25, -0.2) is 9.00 Å². The minimum absolute atomic E-state index is 0.000185. The first-order chi connectivity index (χ1) is 6.45. The molecule has 0 bridgehead atoms. The lowest BCUT2D eigenvalue weighted by Gasteiger charge is -2.29. The number of primary amides is 1. The summed E-state index contributed by atoms with van der Waals surface area (Å²) < 4.78 is 21.2. The molecule has 0 spiro atoms. The van der Waals surface area contributed by atoms with Crippen molar-refractivity contribution in [2.24, 2.45) is 5.73 Å². The van der Waals surface area contributed by atoms with Crippen LogP contribution in [0, 0.1) is 0 Å². The van der Waals surface area contributed by atoms with Gasteiger partial charge in [0, 0.05) is 0 Å². The van der Waals surface area contributed by atoms with Gasteiger partial charge in [0.2, 0.25) is 0 Å². The fourth-order valence-electron chi connectivity index (χ4n) is 0.762. The molecule has 0 aromatic rings. The smallest absolute Gasteiger partial charge is 0.345 e. The Morgan fingerprint density at radius 2 is 2.36 bits per heavy atom. The maximum atomic E-state index is 11.1. The second kappa shape index (κ2) is 4.21. The van der Waals surface area contributed by atoms with Gasteiger partial charge in [-0.1, -0.05) is 24.0 Å². The minimum Gasteiger partial charge on any atom is -0.754 e. The van der Waals surface area contributed by atoms with Crippen molar-refractivity contribution in [1.29, 1.82) is 0 Å². The molecule has 1 heterocycles. The lowest BCUT2D eigenvalue weighted by molar-refractivity contribution is -0.128. The highest BCUT2D eigenvalue weighted by Gasteiger charge is 2.34. The van der Waals surface area contributed by atoms with E-state index < -0.39 is 23.2 Å². The van der Waals surface area contributed by atoms with Crippen LogP contribution in [-0.4, -0.2) is 40.2 Å². The number of rotatable bonds is 2. The van der Waals surface area contributed by atoms with Gasteiger partial charge in [0.25, 0.3) is 5.91 Å². The molecule has 14 heavy (non-hydrogen) atoms. The SMILES string of the molecule is NC(=O)N(N1C(=O)CSC1=S)S(=O)[O-]. The van der Waals surface area contributed by atoms with Crippen LogP contribution in [0.3, 0.4) is 0 Å².